The minimum absolute atomic E-state index is 0.107. The fourth-order valence-corrected chi connectivity index (χ4v) is 2.50. The average molecular weight is 178 g/mol. The maximum Gasteiger partial charge on any atom is 0.267 e. The summed E-state index contributed by atoms with van der Waals surface area (Å²) in [5.41, 5.74) is 0. The van der Waals surface area contributed by atoms with Crippen LogP contribution in [0.5, 0.6) is 0 Å². The van der Waals surface area contributed by atoms with Gasteiger partial charge in [0, 0.05) is 0 Å². The SMILES string of the molecule is O=S(=O)(O)C1CCC2OC2C1. The lowest BCUT2D eigenvalue weighted by atomic mass is 10.0. The van der Waals surface area contributed by atoms with Crippen LogP contribution in [0.15, 0.2) is 0 Å². The Kier molecular flexibility index (Phi) is 1.49. The van der Waals surface area contributed by atoms with Crippen LogP contribution in [0.2, 0.25) is 0 Å². The van der Waals surface area contributed by atoms with Gasteiger partial charge in [-0.05, 0) is 19.3 Å². The normalized spacial score (nSPS) is 43.2. The second kappa shape index (κ2) is 2.18. The van der Waals surface area contributed by atoms with Gasteiger partial charge in [-0.2, -0.15) is 8.42 Å². The topological polar surface area (TPSA) is 66.9 Å². The minimum Gasteiger partial charge on any atom is -0.370 e. The van der Waals surface area contributed by atoms with Crippen LogP contribution >= 0.6 is 0 Å². The summed E-state index contributed by atoms with van der Waals surface area (Å²) in [6.07, 6.45) is 2.18. The highest BCUT2D eigenvalue weighted by molar-refractivity contribution is 7.86. The van der Waals surface area contributed by atoms with Gasteiger partial charge < -0.3 is 4.74 Å². The van der Waals surface area contributed by atoms with E-state index < -0.39 is 15.4 Å². The molecule has 2 fully saturated rings. The van der Waals surface area contributed by atoms with Gasteiger partial charge in [-0.1, -0.05) is 0 Å². The molecule has 0 aromatic carbocycles. The fraction of sp³-hybridized carbons (Fsp3) is 1.00. The third-order valence-electron chi connectivity index (χ3n) is 2.38. The van der Waals surface area contributed by atoms with Crippen molar-refractivity contribution in [3.05, 3.63) is 0 Å². The first kappa shape index (κ1) is 7.52. The van der Waals surface area contributed by atoms with Gasteiger partial charge in [-0.3, -0.25) is 4.55 Å². The third-order valence-corrected chi connectivity index (χ3v) is 3.65. The Morgan fingerprint density at radius 2 is 2.00 bits per heavy atom. The van der Waals surface area contributed by atoms with Gasteiger partial charge in [0.15, 0.2) is 0 Å². The molecule has 5 heteroatoms. The summed E-state index contributed by atoms with van der Waals surface area (Å²) in [7, 11) is -3.81. The van der Waals surface area contributed by atoms with Crippen molar-refractivity contribution in [2.45, 2.75) is 36.7 Å². The molecular formula is C6H10O4S. The van der Waals surface area contributed by atoms with Crippen LogP contribution in [-0.2, 0) is 14.9 Å². The van der Waals surface area contributed by atoms with E-state index in [0.717, 1.165) is 6.42 Å². The van der Waals surface area contributed by atoms with Crippen molar-refractivity contribution in [3.63, 3.8) is 0 Å². The van der Waals surface area contributed by atoms with Crippen LogP contribution in [-0.4, -0.2) is 30.4 Å². The van der Waals surface area contributed by atoms with Crippen LogP contribution in [0, 0.1) is 0 Å². The molecule has 3 unspecified atom stereocenters. The molecule has 4 nitrogen and oxygen atoms in total. The van der Waals surface area contributed by atoms with Crippen LogP contribution in [0.4, 0.5) is 0 Å². The molecule has 0 spiro atoms. The molecule has 0 aromatic heterocycles. The molecule has 3 atom stereocenters. The zero-order chi connectivity index (χ0) is 8.06. The van der Waals surface area contributed by atoms with Gasteiger partial charge in [-0.25, -0.2) is 0 Å². The second-order valence-electron chi connectivity index (χ2n) is 3.16. The molecule has 1 N–H and O–H groups in total. The van der Waals surface area contributed by atoms with E-state index in [9.17, 15) is 8.42 Å². The number of epoxide rings is 1. The molecule has 2 aliphatic rings. The molecule has 11 heavy (non-hydrogen) atoms. The van der Waals surface area contributed by atoms with Crippen LogP contribution in [0.3, 0.4) is 0 Å². The van der Waals surface area contributed by atoms with Crippen molar-refractivity contribution in [1.82, 2.24) is 0 Å². The maximum absolute atomic E-state index is 10.7. The number of fused-ring (bicyclic) bond motifs is 1. The predicted molar refractivity (Wildman–Crippen MR) is 37.8 cm³/mol. The van der Waals surface area contributed by atoms with Crippen molar-refractivity contribution in [1.29, 1.82) is 0 Å². The van der Waals surface area contributed by atoms with Crippen molar-refractivity contribution in [2.75, 3.05) is 0 Å². The molecule has 1 heterocycles. The van der Waals surface area contributed by atoms with E-state index in [-0.39, 0.29) is 12.2 Å². The third kappa shape index (κ3) is 1.40. The standard InChI is InChI=1S/C6H10O4S/c7-11(8,9)4-1-2-5-6(3-4)10-5/h4-6H,1-3H2,(H,7,8,9). The van der Waals surface area contributed by atoms with Gasteiger partial charge in [-0.15, -0.1) is 0 Å². The number of ether oxygens (including phenoxy) is 1. The van der Waals surface area contributed by atoms with Crippen molar-refractivity contribution < 1.29 is 17.7 Å². The highest BCUT2D eigenvalue weighted by Gasteiger charge is 2.47. The first-order valence-corrected chi connectivity index (χ1v) is 5.19. The van der Waals surface area contributed by atoms with Crippen LogP contribution in [0.25, 0.3) is 0 Å². The van der Waals surface area contributed by atoms with Crippen molar-refractivity contribution in [2.24, 2.45) is 0 Å². The summed E-state index contributed by atoms with van der Waals surface area (Å²) in [6.45, 7) is 0. The van der Waals surface area contributed by atoms with E-state index in [0.29, 0.717) is 12.8 Å². The summed E-state index contributed by atoms with van der Waals surface area (Å²) in [4.78, 5) is 0. The van der Waals surface area contributed by atoms with Gasteiger partial charge in [0.05, 0.1) is 17.5 Å². The Bertz CT molecular complexity index is 258. The molecule has 1 saturated carbocycles. The predicted octanol–water partition coefficient (Wildman–Crippen LogP) is 0.194. The molecule has 0 bridgehead atoms. The maximum atomic E-state index is 10.7. The molecule has 64 valence electrons. The molecule has 1 saturated heterocycles. The molecular weight excluding hydrogens is 168 g/mol. The largest absolute Gasteiger partial charge is 0.370 e. The average Bonchev–Trinajstić information content (AvgIpc) is 2.60. The van der Waals surface area contributed by atoms with Gasteiger partial charge in [0.2, 0.25) is 0 Å². The van der Waals surface area contributed by atoms with Gasteiger partial charge in [0.1, 0.15) is 0 Å². The second-order valence-corrected chi connectivity index (χ2v) is 4.86. The first-order valence-electron chi connectivity index (χ1n) is 3.69. The van der Waals surface area contributed by atoms with E-state index in [1.165, 1.54) is 0 Å². The molecule has 1 aliphatic heterocycles. The Balaban J connectivity index is 2.06. The van der Waals surface area contributed by atoms with Crippen molar-refractivity contribution in [3.8, 4) is 0 Å². The fourth-order valence-electron chi connectivity index (χ4n) is 1.64. The summed E-state index contributed by atoms with van der Waals surface area (Å²) >= 11 is 0. The smallest absolute Gasteiger partial charge is 0.267 e. The number of hydrogen-bond donors (Lipinski definition) is 1. The Morgan fingerprint density at radius 3 is 2.55 bits per heavy atom. The Morgan fingerprint density at radius 1 is 1.27 bits per heavy atom. The molecule has 1 aliphatic carbocycles. The zero-order valence-electron chi connectivity index (χ0n) is 5.93. The lowest BCUT2D eigenvalue weighted by molar-refractivity contribution is 0.372. The van der Waals surface area contributed by atoms with E-state index in [1.807, 2.05) is 0 Å². The zero-order valence-corrected chi connectivity index (χ0v) is 6.75. The van der Waals surface area contributed by atoms with E-state index >= 15 is 0 Å². The van der Waals surface area contributed by atoms with Crippen LogP contribution in [0.1, 0.15) is 19.3 Å². The van der Waals surface area contributed by atoms with Crippen LogP contribution < -0.4 is 0 Å². The summed E-state index contributed by atoms with van der Waals surface area (Å²) in [5, 5.41) is -0.578. The molecule has 0 aromatic rings. The lowest BCUT2D eigenvalue weighted by Crippen LogP contribution is -2.26. The molecule has 0 amide bonds. The lowest BCUT2D eigenvalue weighted by Gasteiger charge is -2.14. The minimum atomic E-state index is -3.81. The first-order chi connectivity index (χ1) is 5.07. The van der Waals surface area contributed by atoms with E-state index in [1.54, 1.807) is 0 Å². The summed E-state index contributed by atoms with van der Waals surface area (Å²) in [5.74, 6) is 0. The number of rotatable bonds is 1. The number of hydrogen-bond acceptors (Lipinski definition) is 3. The molecule has 2 rings (SSSR count). The van der Waals surface area contributed by atoms with Gasteiger partial charge >= 0.3 is 0 Å². The highest BCUT2D eigenvalue weighted by atomic mass is 32.2. The summed E-state index contributed by atoms with van der Waals surface area (Å²) < 4.78 is 35.1. The Hall–Kier alpha value is -0.130. The van der Waals surface area contributed by atoms with Crippen molar-refractivity contribution >= 4 is 10.1 Å². The van der Waals surface area contributed by atoms with E-state index in [4.69, 9.17) is 9.29 Å². The summed E-state index contributed by atoms with van der Waals surface area (Å²) in [6, 6.07) is 0. The van der Waals surface area contributed by atoms with E-state index in [2.05, 4.69) is 0 Å². The Labute approximate surface area is 65.3 Å². The monoisotopic (exact) mass is 178 g/mol. The highest BCUT2D eigenvalue weighted by Crippen LogP contribution is 2.38. The quantitative estimate of drug-likeness (QED) is 0.460. The van der Waals surface area contributed by atoms with Gasteiger partial charge in [0.25, 0.3) is 10.1 Å². The molecule has 0 radical (unpaired) electrons.